The van der Waals surface area contributed by atoms with Crippen molar-refractivity contribution in [1.82, 2.24) is 25.3 Å². The zero-order valence-electron chi connectivity index (χ0n) is 18.5. The molecule has 2 heterocycles. The number of aromatic nitrogens is 4. The summed E-state index contributed by atoms with van der Waals surface area (Å²) in [5.41, 5.74) is 7.79. The van der Waals surface area contributed by atoms with Gasteiger partial charge in [-0.2, -0.15) is 15.5 Å². The first kappa shape index (κ1) is 23.6. The molecule has 0 unspecified atom stereocenters. The van der Waals surface area contributed by atoms with Gasteiger partial charge in [0.15, 0.2) is 0 Å². The summed E-state index contributed by atoms with van der Waals surface area (Å²) in [7, 11) is 1.38. The van der Waals surface area contributed by atoms with Crippen molar-refractivity contribution < 1.29 is 22.7 Å². The quantitative estimate of drug-likeness (QED) is 0.351. The van der Waals surface area contributed by atoms with E-state index in [1.807, 2.05) is 6.07 Å². The lowest BCUT2D eigenvalue weighted by Crippen LogP contribution is -2.23. The van der Waals surface area contributed by atoms with Crippen LogP contribution in [0.15, 0.2) is 36.5 Å². The lowest BCUT2D eigenvalue weighted by Gasteiger charge is -2.11. The summed E-state index contributed by atoms with van der Waals surface area (Å²) in [6.07, 6.45) is 1.50. The van der Waals surface area contributed by atoms with Crippen LogP contribution in [-0.2, 0) is 6.54 Å². The molecule has 2 aromatic carbocycles. The van der Waals surface area contributed by atoms with Crippen LogP contribution in [0, 0.1) is 17.1 Å². The largest absolute Gasteiger partial charge is 0.496 e. The molecule has 0 aliphatic rings. The van der Waals surface area contributed by atoms with Crippen molar-refractivity contribution >= 4 is 22.6 Å². The number of halogens is 3. The Balaban J connectivity index is 1.68. The van der Waals surface area contributed by atoms with E-state index in [1.165, 1.54) is 25.4 Å². The number of aromatic amines is 1. The molecule has 1 amide bonds. The fraction of sp³-hybridized carbons (Fsp3) is 0.217. The number of nitrogens with zero attached hydrogens (tertiary/aromatic N) is 4. The second-order valence-electron chi connectivity index (χ2n) is 7.59. The number of rotatable bonds is 8. The molecule has 2 aromatic heterocycles. The lowest BCUT2D eigenvalue weighted by molar-refractivity contribution is 0.0947. The molecule has 12 heteroatoms. The minimum atomic E-state index is -1.25. The molecule has 35 heavy (non-hydrogen) atoms. The molecule has 9 nitrogen and oxygen atoms in total. The second-order valence-corrected chi connectivity index (χ2v) is 7.59. The number of alkyl halides is 2. The number of amides is 1. The van der Waals surface area contributed by atoms with Crippen molar-refractivity contribution in [1.29, 1.82) is 5.26 Å². The predicted molar refractivity (Wildman–Crippen MR) is 122 cm³/mol. The van der Waals surface area contributed by atoms with Gasteiger partial charge in [-0.25, -0.2) is 17.9 Å². The second kappa shape index (κ2) is 9.76. The number of carbonyl (C=O) groups is 1. The third-order valence-electron chi connectivity index (χ3n) is 5.56. The zero-order valence-corrected chi connectivity index (χ0v) is 18.5. The molecular weight excluding hydrogens is 463 g/mol. The van der Waals surface area contributed by atoms with Crippen LogP contribution in [0.1, 0.15) is 27.5 Å². The van der Waals surface area contributed by atoms with Crippen molar-refractivity contribution in [2.75, 3.05) is 26.2 Å². The summed E-state index contributed by atoms with van der Waals surface area (Å²) < 4.78 is 46.2. The summed E-state index contributed by atoms with van der Waals surface area (Å²) in [6.45, 7) is -2.02. The number of anilines is 1. The molecule has 0 radical (unpaired) electrons. The Morgan fingerprint density at radius 3 is 2.77 bits per heavy atom. The summed E-state index contributed by atoms with van der Waals surface area (Å²) in [5, 5.41) is 24.0. The summed E-state index contributed by atoms with van der Waals surface area (Å²) in [6, 6.07) is 7.66. The Kier molecular flexibility index (Phi) is 6.59. The van der Waals surface area contributed by atoms with E-state index in [4.69, 9.17) is 10.5 Å². The van der Waals surface area contributed by atoms with Gasteiger partial charge in [0.05, 0.1) is 24.4 Å². The number of nitrogens with one attached hydrogen (secondary N) is 2. The number of carbonyl (C=O) groups excluding carboxylic acids is 1. The Labute approximate surface area is 197 Å². The van der Waals surface area contributed by atoms with Crippen molar-refractivity contribution in [2.24, 2.45) is 0 Å². The van der Waals surface area contributed by atoms with Crippen LogP contribution >= 0.6 is 0 Å². The number of methoxy groups -OCH3 is 1. The number of H-pyrrole nitrogens is 1. The maximum atomic E-state index is 13.6. The summed E-state index contributed by atoms with van der Waals surface area (Å²) >= 11 is 0. The molecule has 0 atom stereocenters. The Bertz CT molecular complexity index is 1440. The number of hydrogen-bond acceptors (Lipinski definition) is 6. The van der Waals surface area contributed by atoms with Crippen molar-refractivity contribution in [3.05, 3.63) is 59.0 Å². The molecule has 4 aromatic rings. The van der Waals surface area contributed by atoms with E-state index in [1.54, 1.807) is 12.1 Å². The van der Waals surface area contributed by atoms with Crippen LogP contribution in [0.3, 0.4) is 0 Å². The van der Waals surface area contributed by atoms with Crippen LogP contribution in [0.2, 0.25) is 0 Å². The van der Waals surface area contributed by atoms with E-state index < -0.39 is 31.1 Å². The number of nitrogens with two attached hydrogens (primary N) is 1. The van der Waals surface area contributed by atoms with Gasteiger partial charge >= 0.3 is 0 Å². The highest BCUT2D eigenvalue weighted by molar-refractivity contribution is 5.99. The smallest absolute Gasteiger partial charge is 0.255 e. The van der Waals surface area contributed by atoms with Gasteiger partial charge in [0, 0.05) is 17.5 Å². The molecule has 0 saturated heterocycles. The Morgan fingerprint density at radius 1 is 1.31 bits per heavy atom. The number of benzene rings is 2. The number of hydrogen-bond donors (Lipinski definition) is 3. The van der Waals surface area contributed by atoms with Gasteiger partial charge in [0.1, 0.15) is 54.1 Å². The minimum Gasteiger partial charge on any atom is -0.496 e. The average Bonchev–Trinajstić information content (AvgIpc) is 3.48. The topological polar surface area (TPSA) is 135 Å². The molecule has 4 rings (SSSR count). The number of ether oxygens (including phenoxy) is 1. The van der Waals surface area contributed by atoms with Gasteiger partial charge in [0.25, 0.3) is 5.91 Å². The van der Waals surface area contributed by atoms with Gasteiger partial charge in [-0.05, 0) is 23.8 Å². The monoisotopic (exact) mass is 483 g/mol. The number of fused-ring (bicyclic) bond motifs is 1. The zero-order chi connectivity index (χ0) is 25.1. The van der Waals surface area contributed by atoms with Crippen LogP contribution in [0.25, 0.3) is 22.2 Å². The predicted octanol–water partition coefficient (Wildman–Crippen LogP) is 3.44. The highest BCUT2D eigenvalue weighted by atomic mass is 19.1. The molecule has 4 N–H and O–H groups in total. The summed E-state index contributed by atoms with van der Waals surface area (Å²) in [4.78, 5) is 12.6. The summed E-state index contributed by atoms with van der Waals surface area (Å²) in [5.74, 6) is -1.03. The first-order valence-electron chi connectivity index (χ1n) is 10.4. The van der Waals surface area contributed by atoms with Crippen molar-refractivity contribution in [3.8, 4) is 23.1 Å². The first-order valence-corrected chi connectivity index (χ1v) is 10.4. The van der Waals surface area contributed by atoms with Gasteiger partial charge in [-0.3, -0.25) is 9.89 Å². The average molecular weight is 483 g/mol. The van der Waals surface area contributed by atoms with E-state index in [2.05, 4.69) is 20.6 Å². The Morgan fingerprint density at radius 2 is 2.09 bits per heavy atom. The SMILES string of the molecule is COc1ccc(F)cc1C(=O)NCc1ccc(-c2nn(C(CF)CF)c(N)c2C#N)c2cn[nH]c12. The Hall–Kier alpha value is -4.53. The number of nitrogen functional groups attached to an aromatic ring is 1. The van der Waals surface area contributed by atoms with E-state index >= 15 is 0 Å². The molecule has 0 aliphatic heterocycles. The minimum absolute atomic E-state index is 0.0151. The number of nitriles is 1. The van der Waals surface area contributed by atoms with Crippen LogP contribution < -0.4 is 15.8 Å². The van der Waals surface area contributed by atoms with Crippen molar-refractivity contribution in [3.63, 3.8) is 0 Å². The standard InChI is InChI=1S/C23H20F3N7O2/c1-35-19-5-3-13(26)6-16(19)23(34)29-10-12-2-4-15(18-11-30-31-20(12)18)21-17(9-27)22(28)33(32-21)14(7-24)8-25/h2-6,11,14H,7-8,10,28H2,1H3,(H,29,34)(H,30,31). The molecule has 0 spiro atoms. The lowest BCUT2D eigenvalue weighted by atomic mass is 10.0. The molecule has 0 bridgehead atoms. The molecule has 0 saturated carbocycles. The van der Waals surface area contributed by atoms with Crippen LogP contribution in [0.5, 0.6) is 5.75 Å². The highest BCUT2D eigenvalue weighted by Crippen LogP contribution is 2.34. The van der Waals surface area contributed by atoms with E-state index in [9.17, 15) is 23.2 Å². The van der Waals surface area contributed by atoms with Crippen LogP contribution in [-0.4, -0.2) is 46.3 Å². The maximum absolute atomic E-state index is 13.6. The molecule has 0 fully saturated rings. The normalized spacial score (nSPS) is 11.1. The van der Waals surface area contributed by atoms with Crippen LogP contribution in [0.4, 0.5) is 19.0 Å². The molecule has 0 aliphatic carbocycles. The van der Waals surface area contributed by atoms with Gasteiger partial charge < -0.3 is 15.8 Å². The molecule has 180 valence electrons. The van der Waals surface area contributed by atoms with E-state index in [-0.39, 0.29) is 34.9 Å². The first-order chi connectivity index (χ1) is 16.9. The van der Waals surface area contributed by atoms with Gasteiger partial charge in [0.2, 0.25) is 0 Å². The third-order valence-corrected chi connectivity index (χ3v) is 5.56. The van der Waals surface area contributed by atoms with Crippen molar-refractivity contribution in [2.45, 2.75) is 12.6 Å². The fourth-order valence-electron chi connectivity index (χ4n) is 3.77. The fourth-order valence-corrected chi connectivity index (χ4v) is 3.77. The van der Waals surface area contributed by atoms with Gasteiger partial charge in [-0.15, -0.1) is 0 Å². The molecular formula is C23H20F3N7O2. The highest BCUT2D eigenvalue weighted by Gasteiger charge is 2.24. The third kappa shape index (κ3) is 4.23. The maximum Gasteiger partial charge on any atom is 0.255 e. The van der Waals surface area contributed by atoms with Gasteiger partial charge in [-0.1, -0.05) is 12.1 Å². The van der Waals surface area contributed by atoms with E-state index in [0.717, 1.165) is 10.7 Å². The van der Waals surface area contributed by atoms with E-state index in [0.29, 0.717) is 22.0 Å².